The Morgan fingerprint density at radius 1 is 1.42 bits per heavy atom. The Balaban J connectivity index is 1.60. The van der Waals surface area contributed by atoms with E-state index < -0.39 is 0 Å². The molecular weight excluding hydrogens is 308 g/mol. The van der Waals surface area contributed by atoms with Crippen molar-refractivity contribution in [3.05, 3.63) is 28.7 Å². The van der Waals surface area contributed by atoms with Gasteiger partial charge in [0.05, 0.1) is 6.04 Å². The van der Waals surface area contributed by atoms with Gasteiger partial charge in [-0.3, -0.25) is 4.79 Å². The number of halogens is 1. The lowest BCUT2D eigenvalue weighted by atomic mass is 10.3. The molecule has 0 heterocycles. The fourth-order valence-electron chi connectivity index (χ4n) is 1.62. The highest BCUT2D eigenvalue weighted by atomic mass is 79.9. The Labute approximate surface area is 122 Å². The van der Waals surface area contributed by atoms with E-state index in [9.17, 15) is 4.79 Å². The zero-order valence-electron chi connectivity index (χ0n) is 11.0. The van der Waals surface area contributed by atoms with Gasteiger partial charge in [0.2, 0.25) is 5.91 Å². The maximum absolute atomic E-state index is 11.7. The average Bonchev–Trinajstić information content (AvgIpc) is 3.20. The van der Waals surface area contributed by atoms with Crippen molar-refractivity contribution >= 4 is 21.8 Å². The van der Waals surface area contributed by atoms with Gasteiger partial charge in [-0.1, -0.05) is 15.9 Å². The molecule has 1 saturated carbocycles. The monoisotopic (exact) mass is 326 g/mol. The van der Waals surface area contributed by atoms with Crippen molar-refractivity contribution in [1.82, 2.24) is 10.6 Å². The van der Waals surface area contributed by atoms with Gasteiger partial charge in [-0.25, -0.2) is 0 Å². The fourth-order valence-corrected chi connectivity index (χ4v) is 1.89. The van der Waals surface area contributed by atoms with Crippen molar-refractivity contribution < 1.29 is 9.53 Å². The zero-order chi connectivity index (χ0) is 13.7. The summed E-state index contributed by atoms with van der Waals surface area (Å²) in [5, 5.41) is 6.12. The summed E-state index contributed by atoms with van der Waals surface area (Å²) in [6.45, 7) is 3.06. The highest BCUT2D eigenvalue weighted by Gasteiger charge is 2.25. The molecule has 2 N–H and O–H groups in total. The number of nitrogens with one attached hydrogen (secondary N) is 2. The topological polar surface area (TPSA) is 50.4 Å². The Bertz CT molecular complexity index is 418. The molecule has 4 nitrogen and oxygen atoms in total. The summed E-state index contributed by atoms with van der Waals surface area (Å²) < 4.78 is 6.60. The van der Waals surface area contributed by atoms with E-state index >= 15 is 0 Å². The SMILES string of the molecule is CC(NCCOc1ccc(Br)cc1)C(=O)NC1CC1. The van der Waals surface area contributed by atoms with Gasteiger partial charge >= 0.3 is 0 Å². The first-order valence-electron chi connectivity index (χ1n) is 6.57. The van der Waals surface area contributed by atoms with Crippen LogP contribution in [0.15, 0.2) is 28.7 Å². The molecule has 0 saturated heterocycles. The first kappa shape index (κ1) is 14.3. The van der Waals surface area contributed by atoms with Crippen LogP contribution in [0.2, 0.25) is 0 Å². The minimum Gasteiger partial charge on any atom is -0.492 e. The number of ether oxygens (including phenoxy) is 1. The van der Waals surface area contributed by atoms with Crippen LogP contribution in [0, 0.1) is 0 Å². The second kappa shape index (κ2) is 6.91. The van der Waals surface area contributed by atoms with Gasteiger partial charge in [-0.15, -0.1) is 0 Å². The number of benzene rings is 1. The van der Waals surface area contributed by atoms with Gasteiger partial charge in [0, 0.05) is 17.1 Å². The van der Waals surface area contributed by atoms with Crippen molar-refractivity contribution in [2.24, 2.45) is 0 Å². The number of rotatable bonds is 7. The van der Waals surface area contributed by atoms with Gasteiger partial charge < -0.3 is 15.4 Å². The Morgan fingerprint density at radius 2 is 2.11 bits per heavy atom. The standard InChI is InChI=1S/C14H19BrN2O2/c1-10(14(18)17-12-4-5-12)16-8-9-19-13-6-2-11(15)3-7-13/h2-3,6-7,10,12,16H,4-5,8-9H2,1H3,(H,17,18). The molecule has 104 valence electrons. The summed E-state index contributed by atoms with van der Waals surface area (Å²) in [6, 6.07) is 7.94. The molecule has 1 aromatic rings. The molecule has 0 bridgehead atoms. The molecule has 1 amide bonds. The molecule has 0 aliphatic heterocycles. The van der Waals surface area contributed by atoms with Gasteiger partial charge in [0.1, 0.15) is 12.4 Å². The summed E-state index contributed by atoms with van der Waals surface area (Å²) in [5.41, 5.74) is 0. The average molecular weight is 327 g/mol. The van der Waals surface area contributed by atoms with Crippen LogP contribution < -0.4 is 15.4 Å². The number of hydrogen-bond acceptors (Lipinski definition) is 3. The summed E-state index contributed by atoms with van der Waals surface area (Å²) in [5.74, 6) is 0.909. The summed E-state index contributed by atoms with van der Waals surface area (Å²) in [6.07, 6.45) is 2.23. The van der Waals surface area contributed by atoms with Crippen molar-refractivity contribution in [3.63, 3.8) is 0 Å². The molecular formula is C14H19BrN2O2. The molecule has 1 atom stereocenters. The normalized spacial score (nSPS) is 15.9. The summed E-state index contributed by atoms with van der Waals surface area (Å²) in [7, 11) is 0. The smallest absolute Gasteiger partial charge is 0.237 e. The van der Waals surface area contributed by atoms with Crippen LogP contribution in [0.3, 0.4) is 0 Å². The Morgan fingerprint density at radius 3 is 2.74 bits per heavy atom. The highest BCUT2D eigenvalue weighted by Crippen LogP contribution is 2.18. The van der Waals surface area contributed by atoms with Crippen LogP contribution in [0.5, 0.6) is 5.75 Å². The number of carbonyl (C=O) groups excluding carboxylic acids is 1. The molecule has 0 aromatic heterocycles. The third-order valence-corrected chi connectivity index (χ3v) is 3.48. The van der Waals surface area contributed by atoms with Crippen molar-refractivity contribution in [2.75, 3.05) is 13.2 Å². The third kappa shape index (κ3) is 5.20. The molecule has 1 aliphatic carbocycles. The Hall–Kier alpha value is -1.07. The van der Waals surface area contributed by atoms with Gasteiger partial charge in [0.15, 0.2) is 0 Å². The van der Waals surface area contributed by atoms with E-state index in [0.717, 1.165) is 23.1 Å². The lowest BCUT2D eigenvalue weighted by molar-refractivity contribution is -0.122. The predicted molar refractivity (Wildman–Crippen MR) is 78.3 cm³/mol. The third-order valence-electron chi connectivity index (χ3n) is 2.95. The molecule has 1 aromatic carbocycles. The van der Waals surface area contributed by atoms with Crippen LogP contribution in [0.25, 0.3) is 0 Å². The lowest BCUT2D eigenvalue weighted by Gasteiger charge is -2.14. The molecule has 0 radical (unpaired) electrons. The number of carbonyl (C=O) groups is 1. The molecule has 1 aliphatic rings. The maximum atomic E-state index is 11.7. The van der Waals surface area contributed by atoms with Crippen LogP contribution in [-0.4, -0.2) is 31.1 Å². The minimum atomic E-state index is -0.172. The molecule has 1 unspecified atom stereocenters. The van der Waals surface area contributed by atoms with Gasteiger partial charge in [-0.2, -0.15) is 0 Å². The second-order valence-corrected chi connectivity index (χ2v) is 5.68. The van der Waals surface area contributed by atoms with Crippen molar-refractivity contribution in [3.8, 4) is 5.75 Å². The van der Waals surface area contributed by atoms with Gasteiger partial charge in [0.25, 0.3) is 0 Å². The van der Waals surface area contributed by atoms with Gasteiger partial charge in [-0.05, 0) is 44.0 Å². The molecule has 1 fully saturated rings. The lowest BCUT2D eigenvalue weighted by Crippen LogP contribution is -2.44. The van der Waals surface area contributed by atoms with E-state index in [1.807, 2.05) is 31.2 Å². The van der Waals surface area contributed by atoms with E-state index in [0.29, 0.717) is 19.2 Å². The molecule has 0 spiro atoms. The van der Waals surface area contributed by atoms with E-state index in [4.69, 9.17) is 4.74 Å². The zero-order valence-corrected chi connectivity index (χ0v) is 12.6. The van der Waals surface area contributed by atoms with E-state index in [-0.39, 0.29) is 11.9 Å². The summed E-state index contributed by atoms with van der Waals surface area (Å²) in [4.78, 5) is 11.7. The molecule has 19 heavy (non-hydrogen) atoms. The largest absolute Gasteiger partial charge is 0.492 e. The quantitative estimate of drug-likeness (QED) is 0.754. The predicted octanol–water partition coefficient (Wildman–Crippen LogP) is 2.08. The van der Waals surface area contributed by atoms with Crippen LogP contribution in [-0.2, 0) is 4.79 Å². The van der Waals surface area contributed by atoms with E-state index in [1.54, 1.807) is 0 Å². The molecule has 5 heteroatoms. The van der Waals surface area contributed by atoms with E-state index in [1.165, 1.54) is 0 Å². The molecule has 2 rings (SSSR count). The maximum Gasteiger partial charge on any atom is 0.237 e. The highest BCUT2D eigenvalue weighted by molar-refractivity contribution is 9.10. The second-order valence-electron chi connectivity index (χ2n) is 4.76. The Kier molecular flexibility index (Phi) is 5.22. The fraction of sp³-hybridized carbons (Fsp3) is 0.500. The van der Waals surface area contributed by atoms with E-state index in [2.05, 4.69) is 26.6 Å². The number of amides is 1. The first-order chi connectivity index (χ1) is 9.15. The van der Waals surface area contributed by atoms with Crippen LogP contribution in [0.4, 0.5) is 0 Å². The minimum absolute atomic E-state index is 0.0751. The van der Waals surface area contributed by atoms with Crippen molar-refractivity contribution in [1.29, 1.82) is 0 Å². The van der Waals surface area contributed by atoms with Crippen LogP contribution >= 0.6 is 15.9 Å². The first-order valence-corrected chi connectivity index (χ1v) is 7.36. The van der Waals surface area contributed by atoms with Crippen LogP contribution in [0.1, 0.15) is 19.8 Å². The summed E-state index contributed by atoms with van der Waals surface area (Å²) >= 11 is 3.37. The van der Waals surface area contributed by atoms with Crippen molar-refractivity contribution in [2.45, 2.75) is 31.8 Å². The number of hydrogen-bond donors (Lipinski definition) is 2.